The van der Waals surface area contributed by atoms with Crippen molar-refractivity contribution in [1.82, 2.24) is 5.32 Å². The first-order valence-electron chi connectivity index (χ1n) is 7.44. The predicted molar refractivity (Wildman–Crippen MR) is 92.1 cm³/mol. The summed E-state index contributed by atoms with van der Waals surface area (Å²) in [5.74, 6) is 2.14. The van der Waals surface area contributed by atoms with Crippen LogP contribution in [0.4, 0.5) is 0 Å². The lowest BCUT2D eigenvalue weighted by atomic mass is 10.0. The smallest absolute Gasteiger partial charge is 0.230 e. The largest absolute Gasteiger partial charge is 0.467 e. The van der Waals surface area contributed by atoms with Crippen LogP contribution >= 0.6 is 11.8 Å². The Kier molecular flexibility index (Phi) is 5.72. The van der Waals surface area contributed by atoms with Gasteiger partial charge in [0.25, 0.3) is 0 Å². The quantitative estimate of drug-likeness (QED) is 0.863. The fourth-order valence-electron chi connectivity index (χ4n) is 2.58. The Morgan fingerprint density at radius 2 is 1.95 bits per heavy atom. The summed E-state index contributed by atoms with van der Waals surface area (Å²) in [6.45, 7) is 8.31. The van der Waals surface area contributed by atoms with Crippen molar-refractivity contribution in [3.63, 3.8) is 0 Å². The zero-order valence-corrected chi connectivity index (χ0v) is 14.4. The Hall–Kier alpha value is -1.68. The van der Waals surface area contributed by atoms with Gasteiger partial charge in [-0.25, -0.2) is 0 Å². The molecule has 2 rings (SSSR count). The SMILES string of the molecule is Cc1cc(C)c(CSCC(=O)NC(C)c2ccco2)c(C)c1. The van der Waals surface area contributed by atoms with E-state index in [4.69, 9.17) is 4.42 Å². The summed E-state index contributed by atoms with van der Waals surface area (Å²) >= 11 is 1.65. The molecule has 0 radical (unpaired) electrons. The lowest BCUT2D eigenvalue weighted by molar-refractivity contribution is -0.119. The van der Waals surface area contributed by atoms with Crippen molar-refractivity contribution in [3.05, 3.63) is 58.5 Å². The van der Waals surface area contributed by atoms with Crippen molar-refractivity contribution in [1.29, 1.82) is 0 Å². The van der Waals surface area contributed by atoms with Crippen LogP contribution in [0.2, 0.25) is 0 Å². The van der Waals surface area contributed by atoms with E-state index in [0.29, 0.717) is 5.75 Å². The van der Waals surface area contributed by atoms with Crippen molar-refractivity contribution < 1.29 is 9.21 Å². The van der Waals surface area contributed by atoms with Gasteiger partial charge in [-0.2, -0.15) is 0 Å². The molecule has 0 spiro atoms. The zero-order valence-electron chi connectivity index (χ0n) is 13.6. The number of hydrogen-bond acceptors (Lipinski definition) is 3. The molecule has 1 heterocycles. The molecule has 1 atom stereocenters. The van der Waals surface area contributed by atoms with E-state index in [2.05, 4.69) is 38.2 Å². The van der Waals surface area contributed by atoms with Gasteiger partial charge in [-0.1, -0.05) is 17.7 Å². The minimum absolute atomic E-state index is 0.0383. The van der Waals surface area contributed by atoms with Gasteiger partial charge in [0.15, 0.2) is 0 Å². The van der Waals surface area contributed by atoms with Crippen molar-refractivity contribution in [3.8, 4) is 0 Å². The molecule has 22 heavy (non-hydrogen) atoms. The Balaban J connectivity index is 1.82. The highest BCUT2D eigenvalue weighted by atomic mass is 32.2. The average molecular weight is 317 g/mol. The number of carbonyl (C=O) groups is 1. The number of nitrogens with one attached hydrogen (secondary N) is 1. The van der Waals surface area contributed by atoms with Crippen molar-refractivity contribution >= 4 is 17.7 Å². The van der Waals surface area contributed by atoms with Crippen LogP contribution in [0.1, 0.15) is 41.0 Å². The molecule has 1 aromatic heterocycles. The Bertz CT molecular complexity index is 612. The number of thioether (sulfide) groups is 1. The molecule has 1 amide bonds. The van der Waals surface area contributed by atoms with Crippen molar-refractivity contribution in [2.45, 2.75) is 39.5 Å². The van der Waals surface area contributed by atoms with Gasteiger partial charge in [0.05, 0.1) is 18.1 Å². The van der Waals surface area contributed by atoms with Crippen molar-refractivity contribution in [2.24, 2.45) is 0 Å². The van der Waals surface area contributed by atoms with Crippen LogP contribution < -0.4 is 5.32 Å². The van der Waals surface area contributed by atoms with E-state index >= 15 is 0 Å². The maximum absolute atomic E-state index is 12.0. The third kappa shape index (κ3) is 4.41. The first-order chi connectivity index (χ1) is 10.5. The molecule has 0 aliphatic carbocycles. The van der Waals surface area contributed by atoms with Gasteiger partial charge < -0.3 is 9.73 Å². The van der Waals surface area contributed by atoms with Gasteiger partial charge in [-0.05, 0) is 56.5 Å². The van der Waals surface area contributed by atoms with E-state index in [0.717, 1.165) is 11.5 Å². The van der Waals surface area contributed by atoms with Gasteiger partial charge in [0.2, 0.25) is 5.91 Å². The van der Waals surface area contributed by atoms with E-state index in [9.17, 15) is 4.79 Å². The molecule has 1 N–H and O–H groups in total. The molecular formula is C18H23NO2S. The molecule has 0 bridgehead atoms. The summed E-state index contributed by atoms with van der Waals surface area (Å²) in [6.07, 6.45) is 1.62. The number of carbonyl (C=O) groups excluding carboxylic acids is 1. The van der Waals surface area contributed by atoms with Crippen LogP contribution in [0.25, 0.3) is 0 Å². The summed E-state index contributed by atoms with van der Waals surface area (Å²) in [5, 5.41) is 2.95. The van der Waals surface area contributed by atoms with E-state index in [-0.39, 0.29) is 11.9 Å². The second kappa shape index (κ2) is 7.54. The van der Waals surface area contributed by atoms with E-state index in [1.807, 2.05) is 19.1 Å². The van der Waals surface area contributed by atoms with Crippen LogP contribution in [-0.4, -0.2) is 11.7 Å². The molecular weight excluding hydrogens is 294 g/mol. The van der Waals surface area contributed by atoms with Crippen LogP contribution in [-0.2, 0) is 10.5 Å². The molecule has 1 unspecified atom stereocenters. The van der Waals surface area contributed by atoms with Gasteiger partial charge in [-0.3, -0.25) is 4.79 Å². The van der Waals surface area contributed by atoms with Crippen LogP contribution in [0.5, 0.6) is 0 Å². The highest BCUT2D eigenvalue weighted by molar-refractivity contribution is 7.99. The minimum Gasteiger partial charge on any atom is -0.467 e. The fourth-order valence-corrected chi connectivity index (χ4v) is 3.61. The van der Waals surface area contributed by atoms with Crippen LogP contribution in [0.3, 0.4) is 0 Å². The summed E-state index contributed by atoms with van der Waals surface area (Å²) in [5.41, 5.74) is 5.22. The standard InChI is InChI=1S/C18H23NO2S/c1-12-8-13(2)16(14(3)9-12)10-22-11-18(20)19-15(4)17-6-5-7-21-17/h5-9,15H,10-11H2,1-4H3,(H,19,20). The number of aryl methyl sites for hydroxylation is 3. The first-order valence-corrected chi connectivity index (χ1v) is 8.60. The van der Waals surface area contributed by atoms with Gasteiger partial charge in [0.1, 0.15) is 5.76 Å². The molecule has 0 saturated carbocycles. The van der Waals surface area contributed by atoms with Crippen molar-refractivity contribution in [2.75, 3.05) is 5.75 Å². The molecule has 1 aromatic carbocycles. The summed E-state index contributed by atoms with van der Waals surface area (Å²) < 4.78 is 5.29. The second-order valence-electron chi connectivity index (χ2n) is 5.67. The number of benzene rings is 1. The topological polar surface area (TPSA) is 42.2 Å². The Morgan fingerprint density at radius 3 is 2.55 bits per heavy atom. The zero-order chi connectivity index (χ0) is 16.1. The lowest BCUT2D eigenvalue weighted by Crippen LogP contribution is -2.28. The molecule has 0 aliphatic rings. The predicted octanol–water partition coefficient (Wildman–Crippen LogP) is 4.32. The second-order valence-corrected chi connectivity index (χ2v) is 6.66. The Morgan fingerprint density at radius 1 is 1.27 bits per heavy atom. The number of amides is 1. The average Bonchev–Trinajstić information content (AvgIpc) is 2.95. The maximum atomic E-state index is 12.0. The van der Waals surface area contributed by atoms with Gasteiger partial charge in [-0.15, -0.1) is 11.8 Å². The number of furan rings is 1. The highest BCUT2D eigenvalue weighted by Crippen LogP contribution is 2.22. The van der Waals surface area contributed by atoms with Gasteiger partial charge in [0, 0.05) is 5.75 Å². The third-order valence-electron chi connectivity index (χ3n) is 3.67. The molecule has 0 saturated heterocycles. The molecule has 118 valence electrons. The number of rotatable bonds is 6. The van der Waals surface area contributed by atoms with E-state index < -0.39 is 0 Å². The first kappa shape index (κ1) is 16.7. The molecule has 3 nitrogen and oxygen atoms in total. The Labute approximate surface area is 136 Å². The van der Waals surface area contributed by atoms with Gasteiger partial charge >= 0.3 is 0 Å². The van der Waals surface area contributed by atoms with E-state index in [1.54, 1.807) is 18.0 Å². The summed E-state index contributed by atoms with van der Waals surface area (Å²) in [6, 6.07) is 8.00. The highest BCUT2D eigenvalue weighted by Gasteiger charge is 2.12. The van der Waals surface area contributed by atoms with E-state index in [1.165, 1.54) is 22.3 Å². The normalized spacial score (nSPS) is 12.2. The summed E-state index contributed by atoms with van der Waals surface area (Å²) in [4.78, 5) is 12.0. The molecule has 0 fully saturated rings. The maximum Gasteiger partial charge on any atom is 0.230 e. The minimum atomic E-state index is -0.0917. The monoisotopic (exact) mass is 317 g/mol. The van der Waals surface area contributed by atoms with Crippen LogP contribution in [0.15, 0.2) is 34.9 Å². The molecule has 2 aromatic rings. The summed E-state index contributed by atoms with van der Waals surface area (Å²) in [7, 11) is 0. The number of hydrogen-bond donors (Lipinski definition) is 1. The lowest BCUT2D eigenvalue weighted by Gasteiger charge is -2.13. The molecule has 4 heteroatoms. The van der Waals surface area contributed by atoms with Crippen LogP contribution in [0, 0.1) is 20.8 Å². The fraction of sp³-hybridized carbons (Fsp3) is 0.389. The molecule has 0 aliphatic heterocycles. The third-order valence-corrected chi connectivity index (χ3v) is 4.63.